The first-order valence-electron chi connectivity index (χ1n) is 5.98. The molecule has 2 aromatic rings. The largest absolute Gasteiger partial charge is 0.456 e. The van der Waals surface area contributed by atoms with Gasteiger partial charge in [0.1, 0.15) is 11.5 Å². The Morgan fingerprint density at radius 2 is 1.89 bits per heavy atom. The molecule has 2 nitrogen and oxygen atoms in total. The first-order chi connectivity index (χ1) is 9.22. The van der Waals surface area contributed by atoms with Crippen molar-refractivity contribution in [1.29, 1.82) is 0 Å². The normalized spacial score (nSPS) is 10.5. The van der Waals surface area contributed by atoms with Crippen molar-refractivity contribution < 1.29 is 4.74 Å². The SMILES string of the molecule is CNCc1ccc(Oc2ccc(SC)cc2)c(Cl)c1. The van der Waals surface area contributed by atoms with Crippen LogP contribution in [-0.4, -0.2) is 13.3 Å². The molecular formula is C15H16ClNOS. The minimum atomic E-state index is 0.627. The molecule has 100 valence electrons. The molecule has 0 saturated carbocycles. The molecule has 0 aliphatic carbocycles. The van der Waals surface area contributed by atoms with Gasteiger partial charge in [0.25, 0.3) is 0 Å². The summed E-state index contributed by atoms with van der Waals surface area (Å²) < 4.78 is 5.78. The summed E-state index contributed by atoms with van der Waals surface area (Å²) in [4.78, 5) is 1.21. The standard InChI is InChI=1S/C15H16ClNOS/c1-17-10-11-3-8-15(14(16)9-11)18-12-4-6-13(19-2)7-5-12/h3-9,17H,10H2,1-2H3. The zero-order valence-electron chi connectivity index (χ0n) is 10.9. The molecule has 0 fully saturated rings. The van der Waals surface area contributed by atoms with E-state index in [1.807, 2.05) is 55.8 Å². The number of halogens is 1. The topological polar surface area (TPSA) is 21.3 Å². The summed E-state index contributed by atoms with van der Waals surface area (Å²) in [5, 5.41) is 3.72. The fourth-order valence-electron chi connectivity index (χ4n) is 1.71. The number of ether oxygens (including phenoxy) is 1. The van der Waals surface area contributed by atoms with E-state index in [-0.39, 0.29) is 0 Å². The molecule has 0 unspecified atom stereocenters. The third-order valence-electron chi connectivity index (χ3n) is 2.66. The van der Waals surface area contributed by atoms with Gasteiger partial charge in [-0.05, 0) is 55.3 Å². The van der Waals surface area contributed by atoms with Crippen LogP contribution < -0.4 is 10.1 Å². The maximum atomic E-state index is 6.22. The van der Waals surface area contributed by atoms with E-state index in [2.05, 4.69) is 5.32 Å². The Morgan fingerprint density at radius 1 is 1.16 bits per heavy atom. The first kappa shape index (κ1) is 14.3. The predicted octanol–water partition coefficient (Wildman–Crippen LogP) is 4.57. The van der Waals surface area contributed by atoms with E-state index < -0.39 is 0 Å². The van der Waals surface area contributed by atoms with Gasteiger partial charge in [-0.2, -0.15) is 0 Å². The quantitative estimate of drug-likeness (QED) is 0.816. The number of benzene rings is 2. The van der Waals surface area contributed by atoms with Crippen LogP contribution in [0.25, 0.3) is 0 Å². The molecule has 0 aromatic heterocycles. The van der Waals surface area contributed by atoms with Crippen LogP contribution in [0.2, 0.25) is 5.02 Å². The van der Waals surface area contributed by atoms with Gasteiger partial charge in [0.2, 0.25) is 0 Å². The summed E-state index contributed by atoms with van der Waals surface area (Å²) in [6, 6.07) is 13.8. The van der Waals surface area contributed by atoms with Crippen LogP contribution in [0.1, 0.15) is 5.56 Å². The van der Waals surface area contributed by atoms with Gasteiger partial charge < -0.3 is 10.1 Å². The maximum Gasteiger partial charge on any atom is 0.146 e. The number of nitrogens with one attached hydrogen (secondary N) is 1. The molecule has 2 rings (SSSR count). The number of rotatable bonds is 5. The second kappa shape index (κ2) is 6.85. The molecule has 0 saturated heterocycles. The van der Waals surface area contributed by atoms with Crippen molar-refractivity contribution in [2.24, 2.45) is 0 Å². The van der Waals surface area contributed by atoms with Crippen LogP contribution in [0.4, 0.5) is 0 Å². The molecular weight excluding hydrogens is 278 g/mol. The van der Waals surface area contributed by atoms with Gasteiger partial charge in [-0.3, -0.25) is 0 Å². The van der Waals surface area contributed by atoms with E-state index >= 15 is 0 Å². The van der Waals surface area contributed by atoms with E-state index in [4.69, 9.17) is 16.3 Å². The molecule has 1 N–H and O–H groups in total. The molecule has 2 aromatic carbocycles. The molecule has 0 aliphatic heterocycles. The van der Waals surface area contributed by atoms with E-state index in [1.54, 1.807) is 11.8 Å². The van der Waals surface area contributed by atoms with Crippen molar-refractivity contribution in [2.45, 2.75) is 11.4 Å². The minimum absolute atomic E-state index is 0.627. The molecule has 0 amide bonds. The Morgan fingerprint density at radius 3 is 2.47 bits per heavy atom. The summed E-state index contributed by atoms with van der Waals surface area (Å²) >= 11 is 7.92. The Labute approximate surface area is 123 Å². The average Bonchev–Trinajstić information content (AvgIpc) is 2.43. The highest BCUT2D eigenvalue weighted by atomic mass is 35.5. The maximum absolute atomic E-state index is 6.22. The predicted molar refractivity (Wildman–Crippen MR) is 82.5 cm³/mol. The summed E-state index contributed by atoms with van der Waals surface area (Å²) in [5.41, 5.74) is 1.14. The number of hydrogen-bond donors (Lipinski definition) is 1. The van der Waals surface area contributed by atoms with Crippen LogP contribution in [0, 0.1) is 0 Å². The lowest BCUT2D eigenvalue weighted by Gasteiger charge is -2.09. The smallest absolute Gasteiger partial charge is 0.146 e. The number of thioether (sulfide) groups is 1. The van der Waals surface area contributed by atoms with Crippen molar-refractivity contribution >= 4 is 23.4 Å². The average molecular weight is 294 g/mol. The third-order valence-corrected chi connectivity index (χ3v) is 3.70. The first-order valence-corrected chi connectivity index (χ1v) is 7.58. The van der Waals surface area contributed by atoms with Gasteiger partial charge in [0, 0.05) is 11.4 Å². The van der Waals surface area contributed by atoms with Gasteiger partial charge in [-0.25, -0.2) is 0 Å². The van der Waals surface area contributed by atoms with Gasteiger partial charge in [0.15, 0.2) is 0 Å². The van der Waals surface area contributed by atoms with Crippen molar-refractivity contribution in [3.05, 3.63) is 53.1 Å². The Kier molecular flexibility index (Phi) is 5.14. The van der Waals surface area contributed by atoms with E-state index in [9.17, 15) is 0 Å². The van der Waals surface area contributed by atoms with Crippen molar-refractivity contribution in [3.63, 3.8) is 0 Å². The van der Waals surface area contributed by atoms with Crippen LogP contribution in [0.15, 0.2) is 47.4 Å². The molecule has 0 atom stereocenters. The molecule has 0 spiro atoms. The Hall–Kier alpha value is -1.16. The number of hydrogen-bond acceptors (Lipinski definition) is 3. The summed E-state index contributed by atoms with van der Waals surface area (Å²) in [5.74, 6) is 1.47. The third kappa shape index (κ3) is 3.90. The summed E-state index contributed by atoms with van der Waals surface area (Å²) in [6.07, 6.45) is 2.05. The van der Waals surface area contributed by atoms with Crippen molar-refractivity contribution in [2.75, 3.05) is 13.3 Å². The molecule has 19 heavy (non-hydrogen) atoms. The van der Waals surface area contributed by atoms with Crippen LogP contribution >= 0.6 is 23.4 Å². The lowest BCUT2D eigenvalue weighted by molar-refractivity contribution is 0.482. The summed E-state index contributed by atoms with van der Waals surface area (Å²) in [6.45, 7) is 0.794. The van der Waals surface area contributed by atoms with Gasteiger partial charge in [0.05, 0.1) is 5.02 Å². The monoisotopic (exact) mass is 293 g/mol. The van der Waals surface area contributed by atoms with Crippen molar-refractivity contribution in [1.82, 2.24) is 5.32 Å². The lowest BCUT2D eigenvalue weighted by Crippen LogP contribution is -2.04. The minimum Gasteiger partial charge on any atom is -0.456 e. The molecule has 0 bridgehead atoms. The Balaban J connectivity index is 2.13. The molecule has 0 radical (unpaired) electrons. The summed E-state index contributed by atoms with van der Waals surface area (Å²) in [7, 11) is 1.91. The second-order valence-electron chi connectivity index (χ2n) is 4.07. The van der Waals surface area contributed by atoms with Gasteiger partial charge in [-0.1, -0.05) is 17.7 Å². The highest BCUT2D eigenvalue weighted by Crippen LogP contribution is 2.31. The zero-order valence-corrected chi connectivity index (χ0v) is 12.5. The molecule has 4 heteroatoms. The highest BCUT2D eigenvalue weighted by molar-refractivity contribution is 7.98. The molecule has 0 heterocycles. The van der Waals surface area contributed by atoms with Crippen LogP contribution in [0.5, 0.6) is 11.5 Å². The molecule has 0 aliphatic rings. The van der Waals surface area contributed by atoms with E-state index in [0.29, 0.717) is 10.8 Å². The van der Waals surface area contributed by atoms with Crippen molar-refractivity contribution in [3.8, 4) is 11.5 Å². The van der Waals surface area contributed by atoms with E-state index in [0.717, 1.165) is 17.9 Å². The zero-order chi connectivity index (χ0) is 13.7. The lowest BCUT2D eigenvalue weighted by atomic mass is 10.2. The van der Waals surface area contributed by atoms with Crippen LogP contribution in [-0.2, 0) is 6.54 Å². The van der Waals surface area contributed by atoms with Gasteiger partial charge in [-0.15, -0.1) is 11.8 Å². The fourth-order valence-corrected chi connectivity index (χ4v) is 2.36. The van der Waals surface area contributed by atoms with E-state index in [1.165, 1.54) is 4.90 Å². The second-order valence-corrected chi connectivity index (χ2v) is 5.36. The van der Waals surface area contributed by atoms with Gasteiger partial charge >= 0.3 is 0 Å². The van der Waals surface area contributed by atoms with Crippen LogP contribution in [0.3, 0.4) is 0 Å². The highest BCUT2D eigenvalue weighted by Gasteiger charge is 2.04. The fraction of sp³-hybridized carbons (Fsp3) is 0.200. The Bertz CT molecular complexity index is 542.